The quantitative estimate of drug-likeness (QED) is 0.758. The zero-order chi connectivity index (χ0) is 21.2. The first-order valence-corrected chi connectivity index (χ1v) is 9.78. The molecule has 1 aliphatic heterocycles. The van der Waals surface area contributed by atoms with Gasteiger partial charge in [0.15, 0.2) is 0 Å². The average molecular weight is 400 g/mol. The van der Waals surface area contributed by atoms with Crippen LogP contribution in [0.25, 0.3) is 10.9 Å². The molecule has 3 rings (SSSR count). The number of benzene rings is 1. The number of nitrogens with zero attached hydrogens (tertiary/aromatic N) is 2. The zero-order valence-corrected chi connectivity index (χ0v) is 17.3. The third kappa shape index (κ3) is 4.88. The van der Waals surface area contributed by atoms with Crippen LogP contribution in [0.15, 0.2) is 30.5 Å². The van der Waals surface area contributed by atoms with E-state index in [0.717, 1.165) is 10.9 Å². The summed E-state index contributed by atoms with van der Waals surface area (Å²) in [7, 11) is 1.87. The Morgan fingerprint density at radius 2 is 1.86 bits per heavy atom. The topological polar surface area (TPSA) is 92.7 Å². The van der Waals surface area contributed by atoms with Gasteiger partial charge in [-0.1, -0.05) is 18.2 Å². The maximum atomic E-state index is 12.6. The summed E-state index contributed by atoms with van der Waals surface area (Å²) in [5, 5.41) is 0.815. The molecule has 156 valence electrons. The van der Waals surface area contributed by atoms with E-state index >= 15 is 0 Å². The van der Waals surface area contributed by atoms with Crippen LogP contribution < -0.4 is 10.9 Å². The number of carbonyl (C=O) groups excluding carboxylic acids is 3. The Bertz CT molecular complexity index is 928. The van der Waals surface area contributed by atoms with Gasteiger partial charge in [-0.3, -0.25) is 20.4 Å². The number of aryl methyl sites for hydroxylation is 1. The molecule has 0 radical (unpaired) electrons. The molecule has 1 unspecified atom stereocenters. The van der Waals surface area contributed by atoms with Crippen LogP contribution >= 0.6 is 0 Å². The number of piperidine rings is 1. The molecule has 0 saturated carbocycles. The van der Waals surface area contributed by atoms with Crippen molar-refractivity contribution in [2.75, 3.05) is 13.1 Å². The lowest BCUT2D eigenvalue weighted by molar-refractivity contribution is -0.127. The number of likely N-dealkylation sites (tertiary alicyclic amines) is 1. The second-order valence-electron chi connectivity index (χ2n) is 8.38. The summed E-state index contributed by atoms with van der Waals surface area (Å²) in [5.74, 6) is -1.09. The largest absolute Gasteiger partial charge is 0.444 e. The van der Waals surface area contributed by atoms with Crippen LogP contribution in [0.1, 0.15) is 44.0 Å². The van der Waals surface area contributed by atoms with E-state index in [-0.39, 0.29) is 18.4 Å². The second kappa shape index (κ2) is 8.14. The number of para-hydroxylation sites is 1. The first-order chi connectivity index (χ1) is 13.7. The van der Waals surface area contributed by atoms with E-state index in [0.29, 0.717) is 24.9 Å². The van der Waals surface area contributed by atoms with Gasteiger partial charge in [0, 0.05) is 37.2 Å². The van der Waals surface area contributed by atoms with Crippen molar-refractivity contribution >= 4 is 28.8 Å². The molecule has 1 saturated heterocycles. The van der Waals surface area contributed by atoms with Crippen molar-refractivity contribution in [2.45, 2.75) is 39.2 Å². The fraction of sp³-hybridized carbons (Fsp3) is 0.476. The second-order valence-corrected chi connectivity index (χ2v) is 8.38. The highest BCUT2D eigenvalue weighted by Gasteiger charge is 2.31. The predicted octanol–water partition coefficient (Wildman–Crippen LogP) is 2.59. The molecule has 0 aliphatic carbocycles. The van der Waals surface area contributed by atoms with Gasteiger partial charge in [0.2, 0.25) is 5.91 Å². The molecule has 1 aromatic carbocycles. The summed E-state index contributed by atoms with van der Waals surface area (Å²) in [4.78, 5) is 38.9. The maximum Gasteiger partial charge on any atom is 0.410 e. The van der Waals surface area contributed by atoms with Crippen LogP contribution in [0, 0.1) is 5.92 Å². The highest BCUT2D eigenvalue weighted by Crippen LogP contribution is 2.21. The van der Waals surface area contributed by atoms with Gasteiger partial charge in [0.1, 0.15) is 5.60 Å². The smallest absolute Gasteiger partial charge is 0.410 e. The fourth-order valence-electron chi connectivity index (χ4n) is 3.49. The molecule has 2 N–H and O–H groups in total. The molecule has 2 aromatic rings. The van der Waals surface area contributed by atoms with Crippen molar-refractivity contribution in [3.05, 3.63) is 36.0 Å². The lowest BCUT2D eigenvalue weighted by Crippen LogP contribution is -2.50. The van der Waals surface area contributed by atoms with Crippen LogP contribution in [0.5, 0.6) is 0 Å². The van der Waals surface area contributed by atoms with Crippen LogP contribution in [0.3, 0.4) is 0 Å². The monoisotopic (exact) mass is 400 g/mol. The third-order valence-corrected chi connectivity index (χ3v) is 4.88. The lowest BCUT2D eigenvalue weighted by atomic mass is 9.98. The number of hydrogen-bond donors (Lipinski definition) is 2. The number of amides is 3. The number of hydrogen-bond acceptors (Lipinski definition) is 4. The Kier molecular flexibility index (Phi) is 5.81. The van der Waals surface area contributed by atoms with E-state index < -0.39 is 17.6 Å². The van der Waals surface area contributed by atoms with Gasteiger partial charge >= 0.3 is 6.09 Å². The third-order valence-electron chi connectivity index (χ3n) is 4.88. The maximum absolute atomic E-state index is 12.6. The Balaban J connectivity index is 1.58. The van der Waals surface area contributed by atoms with Gasteiger partial charge in [0.25, 0.3) is 5.91 Å². The van der Waals surface area contributed by atoms with Gasteiger partial charge in [-0.15, -0.1) is 0 Å². The normalized spacial score (nSPS) is 17.1. The summed E-state index contributed by atoms with van der Waals surface area (Å²) in [6.45, 7) is 6.25. The first kappa shape index (κ1) is 20.7. The van der Waals surface area contributed by atoms with E-state index in [1.165, 1.54) is 0 Å². The summed E-state index contributed by atoms with van der Waals surface area (Å²) in [6, 6.07) is 7.57. The van der Waals surface area contributed by atoms with Crippen LogP contribution in [0.2, 0.25) is 0 Å². The number of rotatable bonds is 2. The van der Waals surface area contributed by atoms with E-state index in [9.17, 15) is 14.4 Å². The summed E-state index contributed by atoms with van der Waals surface area (Å²) in [6.07, 6.45) is 2.66. The Labute approximate surface area is 170 Å². The summed E-state index contributed by atoms with van der Waals surface area (Å²) < 4.78 is 7.25. The van der Waals surface area contributed by atoms with Gasteiger partial charge in [-0.25, -0.2) is 4.79 Å². The highest BCUT2D eigenvalue weighted by atomic mass is 16.6. The molecule has 0 spiro atoms. The van der Waals surface area contributed by atoms with Gasteiger partial charge < -0.3 is 14.2 Å². The number of nitrogens with one attached hydrogen (secondary N) is 2. The number of fused-ring (bicyclic) bond motifs is 1. The molecule has 29 heavy (non-hydrogen) atoms. The summed E-state index contributed by atoms with van der Waals surface area (Å²) >= 11 is 0. The zero-order valence-electron chi connectivity index (χ0n) is 17.3. The molecule has 8 heteroatoms. The average Bonchev–Trinajstić information content (AvgIpc) is 3.02. The predicted molar refractivity (Wildman–Crippen MR) is 109 cm³/mol. The number of aromatic nitrogens is 1. The van der Waals surface area contributed by atoms with Crippen molar-refractivity contribution in [3.63, 3.8) is 0 Å². The van der Waals surface area contributed by atoms with Crippen molar-refractivity contribution in [1.29, 1.82) is 0 Å². The van der Waals surface area contributed by atoms with Crippen LogP contribution in [-0.4, -0.2) is 46.1 Å². The lowest BCUT2D eigenvalue weighted by Gasteiger charge is -2.33. The van der Waals surface area contributed by atoms with Crippen molar-refractivity contribution < 1.29 is 19.1 Å². The molecule has 1 atom stereocenters. The highest BCUT2D eigenvalue weighted by molar-refractivity contribution is 6.07. The standard InChI is InChI=1S/C21H28N4O4/c1-21(2,3)29-20(28)25-11-7-8-14(12-25)18(26)22-23-19(27)16-13-24(4)17-10-6-5-9-15(16)17/h5-6,9-10,13-14H,7-8,11-12H2,1-4H3,(H,22,26)(H,23,27). The van der Waals surface area contributed by atoms with Crippen LogP contribution in [-0.2, 0) is 16.6 Å². The number of carbonyl (C=O) groups is 3. The molecule has 2 heterocycles. The number of ether oxygens (including phenoxy) is 1. The Hall–Kier alpha value is -3.03. The molecule has 3 amide bonds. The van der Waals surface area contributed by atoms with Gasteiger partial charge in [-0.05, 0) is 39.7 Å². The van der Waals surface area contributed by atoms with Crippen molar-refractivity contribution in [1.82, 2.24) is 20.3 Å². The summed E-state index contributed by atoms with van der Waals surface area (Å²) in [5.41, 5.74) is 5.84. The van der Waals surface area contributed by atoms with E-state index in [2.05, 4.69) is 10.9 Å². The van der Waals surface area contributed by atoms with Gasteiger partial charge in [0.05, 0.1) is 11.5 Å². The fourth-order valence-corrected chi connectivity index (χ4v) is 3.49. The molecule has 1 aromatic heterocycles. The van der Waals surface area contributed by atoms with Crippen molar-refractivity contribution in [2.24, 2.45) is 13.0 Å². The van der Waals surface area contributed by atoms with Gasteiger partial charge in [-0.2, -0.15) is 0 Å². The first-order valence-electron chi connectivity index (χ1n) is 9.78. The molecular formula is C21H28N4O4. The van der Waals surface area contributed by atoms with Crippen LogP contribution in [0.4, 0.5) is 4.79 Å². The molecular weight excluding hydrogens is 372 g/mol. The molecule has 1 aliphatic rings. The Morgan fingerprint density at radius 3 is 2.59 bits per heavy atom. The van der Waals surface area contributed by atoms with E-state index in [1.807, 2.05) is 56.7 Å². The van der Waals surface area contributed by atoms with E-state index in [1.54, 1.807) is 11.1 Å². The minimum Gasteiger partial charge on any atom is -0.444 e. The van der Waals surface area contributed by atoms with E-state index in [4.69, 9.17) is 4.74 Å². The SMILES string of the molecule is Cn1cc(C(=O)NNC(=O)C2CCCN(C(=O)OC(C)(C)C)C2)c2ccccc21. The minimum absolute atomic E-state index is 0.269. The molecule has 8 nitrogen and oxygen atoms in total. The molecule has 0 bridgehead atoms. The minimum atomic E-state index is -0.585. The Morgan fingerprint density at radius 1 is 1.14 bits per heavy atom. The van der Waals surface area contributed by atoms with Crippen molar-refractivity contribution in [3.8, 4) is 0 Å². The number of hydrazine groups is 1. The molecule has 1 fully saturated rings.